The van der Waals surface area contributed by atoms with Crippen molar-refractivity contribution in [2.45, 2.75) is 26.2 Å². The second-order valence-electron chi connectivity index (χ2n) is 10.4. The number of aromatic hydroxyl groups is 1. The molecule has 0 saturated heterocycles. The molecule has 0 bridgehead atoms. The highest BCUT2D eigenvalue weighted by Crippen LogP contribution is 2.24. The van der Waals surface area contributed by atoms with E-state index in [1.807, 2.05) is 0 Å². The zero-order valence-electron chi connectivity index (χ0n) is 29.7. The van der Waals surface area contributed by atoms with Crippen molar-refractivity contribution in [2.24, 2.45) is 0 Å². The first-order valence-electron chi connectivity index (χ1n) is 17.3. The number of carbonyl (C=O) groups excluding carboxylic acids is 1. The summed E-state index contributed by atoms with van der Waals surface area (Å²) >= 11 is 0. The molecule has 0 atom stereocenters. The molecule has 2 N–H and O–H groups in total. The minimum atomic E-state index is -0.237. The van der Waals surface area contributed by atoms with Crippen molar-refractivity contribution in [1.82, 2.24) is 5.32 Å². The van der Waals surface area contributed by atoms with Gasteiger partial charge >= 0.3 is 0 Å². The Bertz CT molecular complexity index is 906. The SMILES string of the molecule is CCCCOc1ccc(/C=C/C(=O)NCCCOCCOCCOCCOCCOCCOCCOCCOCCOCCOC)c(O)c1. The molecule has 1 rings (SSSR count). The van der Waals surface area contributed by atoms with Gasteiger partial charge in [0.1, 0.15) is 11.5 Å². The van der Waals surface area contributed by atoms with Crippen LogP contribution in [-0.4, -0.2) is 157 Å². The molecule has 1 aromatic rings. The number of phenols is 1. The molecule has 0 aromatic heterocycles. The number of ether oxygens (including phenoxy) is 11. The molecule has 0 aliphatic rings. The van der Waals surface area contributed by atoms with E-state index in [2.05, 4.69) is 12.2 Å². The number of nitrogens with one attached hydrogen (secondary N) is 1. The first-order valence-corrected chi connectivity index (χ1v) is 17.3. The molecule has 0 spiro atoms. The fraction of sp³-hybridized carbons (Fsp3) is 0.743. The summed E-state index contributed by atoms with van der Waals surface area (Å²) in [7, 11) is 1.64. The van der Waals surface area contributed by atoms with Gasteiger partial charge in [-0.25, -0.2) is 0 Å². The maximum Gasteiger partial charge on any atom is 0.244 e. The third-order valence-electron chi connectivity index (χ3n) is 6.36. The molecule has 0 aliphatic carbocycles. The summed E-state index contributed by atoms with van der Waals surface area (Å²) in [6.45, 7) is 12.9. The second kappa shape index (κ2) is 35.5. The van der Waals surface area contributed by atoms with Crippen LogP contribution >= 0.6 is 0 Å². The number of hydrogen-bond donors (Lipinski definition) is 2. The summed E-state index contributed by atoms with van der Waals surface area (Å²) in [5.74, 6) is 0.441. The van der Waals surface area contributed by atoms with Gasteiger partial charge in [-0.05, 0) is 31.1 Å². The Labute approximate surface area is 292 Å². The fourth-order valence-electron chi connectivity index (χ4n) is 3.70. The molecule has 0 unspecified atom stereocenters. The zero-order chi connectivity index (χ0) is 35.3. The smallest absolute Gasteiger partial charge is 0.244 e. The Morgan fingerprint density at radius 2 is 1.04 bits per heavy atom. The number of benzene rings is 1. The Morgan fingerprint density at radius 1 is 0.612 bits per heavy atom. The lowest BCUT2D eigenvalue weighted by Gasteiger charge is -2.09. The van der Waals surface area contributed by atoms with Crippen molar-refractivity contribution < 1.29 is 62.0 Å². The van der Waals surface area contributed by atoms with Crippen LogP contribution in [0, 0.1) is 0 Å². The highest BCUT2D eigenvalue weighted by atomic mass is 16.6. The topological polar surface area (TPSA) is 151 Å². The summed E-state index contributed by atoms with van der Waals surface area (Å²) in [6.07, 6.45) is 5.64. The van der Waals surface area contributed by atoms with Crippen molar-refractivity contribution in [3.8, 4) is 11.5 Å². The minimum Gasteiger partial charge on any atom is -0.507 e. The summed E-state index contributed by atoms with van der Waals surface area (Å²) in [6, 6.07) is 5.05. The van der Waals surface area contributed by atoms with Crippen LogP contribution in [0.2, 0.25) is 0 Å². The molecular formula is C35H61NO13. The van der Waals surface area contributed by atoms with Gasteiger partial charge in [0.2, 0.25) is 5.91 Å². The van der Waals surface area contributed by atoms with E-state index in [1.165, 1.54) is 6.08 Å². The largest absolute Gasteiger partial charge is 0.507 e. The van der Waals surface area contributed by atoms with Gasteiger partial charge in [0.25, 0.3) is 0 Å². The van der Waals surface area contributed by atoms with Gasteiger partial charge in [-0.15, -0.1) is 0 Å². The van der Waals surface area contributed by atoms with Crippen LogP contribution in [0.5, 0.6) is 11.5 Å². The van der Waals surface area contributed by atoms with Gasteiger partial charge in [0.05, 0.1) is 126 Å². The average Bonchev–Trinajstić information content (AvgIpc) is 3.10. The molecule has 0 saturated carbocycles. The minimum absolute atomic E-state index is 0.0684. The molecular weight excluding hydrogens is 642 g/mol. The van der Waals surface area contributed by atoms with E-state index < -0.39 is 0 Å². The van der Waals surface area contributed by atoms with Gasteiger partial charge < -0.3 is 62.5 Å². The molecule has 1 aromatic carbocycles. The van der Waals surface area contributed by atoms with E-state index in [0.717, 1.165) is 12.8 Å². The third kappa shape index (κ3) is 30.2. The normalized spacial score (nSPS) is 11.5. The first kappa shape index (κ1) is 44.7. The van der Waals surface area contributed by atoms with E-state index >= 15 is 0 Å². The number of unbranched alkanes of at least 4 members (excludes halogenated alkanes) is 1. The van der Waals surface area contributed by atoms with Gasteiger partial charge in [-0.1, -0.05) is 13.3 Å². The molecule has 0 radical (unpaired) electrons. The van der Waals surface area contributed by atoms with Crippen molar-refractivity contribution in [3.05, 3.63) is 29.8 Å². The van der Waals surface area contributed by atoms with Crippen LogP contribution < -0.4 is 10.1 Å². The number of carbonyl (C=O) groups is 1. The average molecular weight is 704 g/mol. The number of amides is 1. The monoisotopic (exact) mass is 703 g/mol. The highest BCUT2D eigenvalue weighted by Gasteiger charge is 2.03. The number of phenolic OH excluding ortho intramolecular Hbond substituents is 1. The van der Waals surface area contributed by atoms with Crippen molar-refractivity contribution in [3.63, 3.8) is 0 Å². The van der Waals surface area contributed by atoms with Crippen LogP contribution in [-0.2, 0) is 52.2 Å². The maximum absolute atomic E-state index is 12.0. The molecule has 14 heteroatoms. The first-order chi connectivity index (χ1) is 24.2. The summed E-state index contributed by atoms with van der Waals surface area (Å²) < 4.78 is 59.5. The molecule has 0 aliphatic heterocycles. The van der Waals surface area contributed by atoms with E-state index in [0.29, 0.717) is 156 Å². The lowest BCUT2D eigenvalue weighted by molar-refractivity contribution is -0.116. The predicted molar refractivity (Wildman–Crippen MR) is 184 cm³/mol. The van der Waals surface area contributed by atoms with E-state index in [9.17, 15) is 9.90 Å². The molecule has 0 fully saturated rings. The van der Waals surface area contributed by atoms with Gasteiger partial charge in [-0.2, -0.15) is 0 Å². The van der Waals surface area contributed by atoms with Crippen molar-refractivity contribution >= 4 is 12.0 Å². The van der Waals surface area contributed by atoms with Gasteiger partial charge in [0.15, 0.2) is 0 Å². The second-order valence-corrected chi connectivity index (χ2v) is 10.4. The molecule has 1 amide bonds. The molecule has 284 valence electrons. The Balaban J connectivity index is 1.76. The molecule has 49 heavy (non-hydrogen) atoms. The number of rotatable bonds is 37. The lowest BCUT2D eigenvalue weighted by atomic mass is 10.1. The van der Waals surface area contributed by atoms with E-state index in [-0.39, 0.29) is 11.7 Å². The van der Waals surface area contributed by atoms with Crippen LogP contribution in [0.3, 0.4) is 0 Å². The number of hydrogen-bond acceptors (Lipinski definition) is 13. The van der Waals surface area contributed by atoms with E-state index in [4.69, 9.17) is 52.1 Å². The van der Waals surface area contributed by atoms with Crippen molar-refractivity contribution in [2.75, 3.05) is 146 Å². The summed E-state index contributed by atoms with van der Waals surface area (Å²) in [5, 5.41) is 12.9. The Hall–Kier alpha value is -2.37. The Morgan fingerprint density at radius 3 is 1.45 bits per heavy atom. The summed E-state index contributed by atoms with van der Waals surface area (Å²) in [5.41, 5.74) is 0.549. The standard InChI is InChI=1S/C35H61NO13/c1-3-4-12-49-33-8-6-32(34(37)31-33)7-9-35(38)36-10-5-11-40-15-16-42-19-20-44-23-24-46-27-28-48-30-29-47-26-25-45-22-21-43-18-17-41-14-13-39-2/h6-9,31,37H,3-5,10-30H2,1-2H3,(H,36,38)/b9-7+. The fourth-order valence-corrected chi connectivity index (χ4v) is 3.70. The van der Waals surface area contributed by atoms with Crippen molar-refractivity contribution in [1.29, 1.82) is 0 Å². The molecule has 0 heterocycles. The van der Waals surface area contributed by atoms with Crippen LogP contribution in [0.4, 0.5) is 0 Å². The highest BCUT2D eigenvalue weighted by molar-refractivity contribution is 5.92. The quantitative estimate of drug-likeness (QED) is 0.0773. The Kier molecular flexibility index (Phi) is 32.3. The predicted octanol–water partition coefficient (Wildman–Crippen LogP) is 2.89. The molecule has 14 nitrogen and oxygen atoms in total. The maximum atomic E-state index is 12.0. The van der Waals surface area contributed by atoms with E-state index in [1.54, 1.807) is 31.4 Å². The van der Waals surface area contributed by atoms with Crippen LogP contribution in [0.1, 0.15) is 31.7 Å². The van der Waals surface area contributed by atoms with Gasteiger partial charge in [-0.3, -0.25) is 4.79 Å². The van der Waals surface area contributed by atoms with Crippen LogP contribution in [0.15, 0.2) is 24.3 Å². The zero-order valence-corrected chi connectivity index (χ0v) is 29.7. The third-order valence-corrected chi connectivity index (χ3v) is 6.36. The summed E-state index contributed by atoms with van der Waals surface area (Å²) in [4.78, 5) is 12.0. The number of methoxy groups -OCH3 is 1. The van der Waals surface area contributed by atoms with Crippen LogP contribution in [0.25, 0.3) is 6.08 Å². The lowest BCUT2D eigenvalue weighted by Crippen LogP contribution is -2.23. The van der Waals surface area contributed by atoms with Gasteiger partial charge in [0, 0.05) is 38.0 Å².